The molecule has 1 N–H and O–H groups in total. The molecule has 8 heteroatoms. The molecule has 2 rings (SSSR count). The van der Waals surface area contributed by atoms with Gasteiger partial charge in [0.05, 0.1) is 17.9 Å². The van der Waals surface area contributed by atoms with Crippen LogP contribution in [-0.2, 0) is 6.18 Å². The third-order valence-electron chi connectivity index (χ3n) is 4.45. The molecule has 1 atom stereocenters. The summed E-state index contributed by atoms with van der Waals surface area (Å²) in [4.78, 5) is 16.2. The van der Waals surface area contributed by atoms with Crippen molar-refractivity contribution in [2.75, 3.05) is 45.7 Å². The zero-order valence-corrected chi connectivity index (χ0v) is 15.4. The Bertz CT molecular complexity index is 622. The molecule has 0 radical (unpaired) electrons. The largest absolute Gasteiger partial charge is 0.492 e. The van der Waals surface area contributed by atoms with Gasteiger partial charge in [0.15, 0.2) is 0 Å². The van der Waals surface area contributed by atoms with Crippen LogP contribution in [0.25, 0.3) is 0 Å². The van der Waals surface area contributed by atoms with Gasteiger partial charge >= 0.3 is 12.2 Å². The zero-order chi connectivity index (χ0) is 19.3. The molecule has 0 aliphatic carbocycles. The van der Waals surface area contributed by atoms with E-state index in [0.29, 0.717) is 19.1 Å². The first-order valence-corrected chi connectivity index (χ1v) is 8.75. The van der Waals surface area contributed by atoms with Crippen molar-refractivity contribution >= 4 is 11.7 Å². The minimum atomic E-state index is -4.48. The van der Waals surface area contributed by atoms with E-state index in [2.05, 4.69) is 10.2 Å². The molecule has 1 aromatic carbocycles. The Kier molecular flexibility index (Phi) is 6.75. The van der Waals surface area contributed by atoms with Crippen LogP contribution >= 0.6 is 0 Å². The van der Waals surface area contributed by atoms with Crippen LogP contribution in [0.4, 0.5) is 23.7 Å². The quantitative estimate of drug-likeness (QED) is 0.851. The van der Waals surface area contributed by atoms with Gasteiger partial charge in [0, 0.05) is 20.1 Å². The lowest BCUT2D eigenvalue weighted by Gasteiger charge is -2.32. The van der Waals surface area contributed by atoms with Crippen molar-refractivity contribution in [3.63, 3.8) is 0 Å². The van der Waals surface area contributed by atoms with Gasteiger partial charge in [-0.25, -0.2) is 4.79 Å². The average Bonchev–Trinajstić information content (AvgIpc) is 2.55. The highest BCUT2D eigenvalue weighted by atomic mass is 19.4. The number of likely N-dealkylation sites (tertiary alicyclic amines) is 1. The first kappa shape index (κ1) is 20.4. The third kappa shape index (κ3) is 5.52. The number of benzene rings is 1. The molecule has 0 bridgehead atoms. The summed E-state index contributed by atoms with van der Waals surface area (Å²) in [6.45, 7) is 4.53. The van der Waals surface area contributed by atoms with Crippen LogP contribution in [0.15, 0.2) is 18.2 Å². The molecular weight excluding hydrogens is 347 g/mol. The number of nitrogens with zero attached hydrogens (tertiary/aromatic N) is 2. The Hall–Kier alpha value is -1.96. The van der Waals surface area contributed by atoms with Crippen LogP contribution in [0, 0.1) is 5.92 Å². The Morgan fingerprint density at radius 3 is 2.77 bits per heavy atom. The monoisotopic (exact) mass is 373 g/mol. The minimum Gasteiger partial charge on any atom is -0.492 e. The molecule has 1 aliphatic rings. The maximum Gasteiger partial charge on any atom is 0.416 e. The van der Waals surface area contributed by atoms with Gasteiger partial charge in [-0.2, -0.15) is 13.2 Å². The summed E-state index contributed by atoms with van der Waals surface area (Å²) in [6, 6.07) is 2.64. The number of hydrogen-bond donors (Lipinski definition) is 1. The number of urea groups is 1. The van der Waals surface area contributed by atoms with Crippen LogP contribution in [0.2, 0.25) is 0 Å². The number of rotatable bonds is 5. The molecule has 26 heavy (non-hydrogen) atoms. The van der Waals surface area contributed by atoms with Gasteiger partial charge in [-0.05, 0) is 57.5 Å². The van der Waals surface area contributed by atoms with Crippen LogP contribution in [0.5, 0.6) is 5.75 Å². The summed E-state index contributed by atoms with van der Waals surface area (Å²) >= 11 is 0. The lowest BCUT2D eigenvalue weighted by Crippen LogP contribution is -2.41. The molecule has 1 unspecified atom stereocenters. The summed E-state index contributed by atoms with van der Waals surface area (Å²) < 4.78 is 44.2. The number of hydrogen-bond acceptors (Lipinski definition) is 3. The van der Waals surface area contributed by atoms with Gasteiger partial charge in [-0.15, -0.1) is 0 Å². The normalized spacial score (nSPS) is 18.5. The second-order valence-corrected chi connectivity index (χ2v) is 6.72. The number of nitrogens with one attached hydrogen (secondary N) is 1. The van der Waals surface area contributed by atoms with Gasteiger partial charge in [0.25, 0.3) is 0 Å². The smallest absolute Gasteiger partial charge is 0.416 e. The number of anilines is 1. The molecule has 1 heterocycles. The summed E-state index contributed by atoms with van der Waals surface area (Å²) in [5.41, 5.74) is -0.799. The number of carbonyl (C=O) groups excluding carboxylic acids is 1. The molecule has 2 amide bonds. The summed E-state index contributed by atoms with van der Waals surface area (Å²) in [6.07, 6.45) is -2.36. The Morgan fingerprint density at radius 2 is 2.15 bits per heavy atom. The Balaban J connectivity index is 2.08. The van der Waals surface area contributed by atoms with Crippen LogP contribution in [-0.4, -0.2) is 56.2 Å². The molecule has 0 saturated carbocycles. The summed E-state index contributed by atoms with van der Waals surface area (Å²) in [5.74, 6) is 0.581. The Labute approximate surface area is 152 Å². The first-order chi connectivity index (χ1) is 12.2. The van der Waals surface area contributed by atoms with Crippen molar-refractivity contribution < 1.29 is 22.7 Å². The minimum absolute atomic E-state index is 0.0271. The van der Waals surface area contributed by atoms with Crippen LogP contribution in [0.1, 0.15) is 25.3 Å². The molecule has 1 aromatic rings. The van der Waals surface area contributed by atoms with Gasteiger partial charge in [0.1, 0.15) is 5.75 Å². The lowest BCUT2D eigenvalue weighted by molar-refractivity contribution is -0.137. The predicted octanol–water partition coefficient (Wildman–Crippen LogP) is 3.91. The van der Waals surface area contributed by atoms with E-state index in [9.17, 15) is 18.0 Å². The van der Waals surface area contributed by atoms with Crippen molar-refractivity contribution in [3.8, 4) is 5.75 Å². The molecule has 1 saturated heterocycles. The SMILES string of the molecule is CCOc1ccc(C(F)(F)F)cc1NC(=O)N(C)CC1CCCN(C)C1. The van der Waals surface area contributed by atoms with Gasteiger partial charge in [-0.1, -0.05) is 0 Å². The zero-order valence-electron chi connectivity index (χ0n) is 15.4. The van der Waals surface area contributed by atoms with E-state index < -0.39 is 17.8 Å². The second-order valence-electron chi connectivity index (χ2n) is 6.72. The number of amides is 2. The average molecular weight is 373 g/mol. The molecule has 1 aliphatic heterocycles. The maximum atomic E-state index is 13.0. The second kappa shape index (κ2) is 8.62. The predicted molar refractivity (Wildman–Crippen MR) is 94.5 cm³/mol. The molecule has 1 fully saturated rings. The third-order valence-corrected chi connectivity index (χ3v) is 4.45. The highest BCUT2D eigenvalue weighted by molar-refractivity contribution is 5.91. The van der Waals surface area contributed by atoms with E-state index in [4.69, 9.17) is 4.74 Å². The van der Waals surface area contributed by atoms with E-state index in [1.54, 1.807) is 14.0 Å². The van der Waals surface area contributed by atoms with Gasteiger partial charge in [0.2, 0.25) is 0 Å². The maximum absolute atomic E-state index is 13.0. The molecule has 146 valence electrons. The summed E-state index contributed by atoms with van der Waals surface area (Å²) in [5, 5.41) is 2.56. The standard InChI is InChI=1S/C18H26F3N3O2/c1-4-26-16-8-7-14(18(19,20)21)10-15(16)22-17(25)24(3)12-13-6-5-9-23(2)11-13/h7-8,10,13H,4-6,9,11-12H2,1-3H3,(H,22,25). The Morgan fingerprint density at radius 1 is 1.42 bits per heavy atom. The van der Waals surface area contributed by atoms with Crippen molar-refractivity contribution in [2.45, 2.75) is 25.9 Å². The van der Waals surface area contributed by atoms with E-state index in [0.717, 1.165) is 38.1 Å². The van der Waals surface area contributed by atoms with Crippen LogP contribution < -0.4 is 10.1 Å². The lowest BCUT2D eigenvalue weighted by atomic mass is 9.98. The van der Waals surface area contributed by atoms with Crippen molar-refractivity contribution in [1.29, 1.82) is 0 Å². The van der Waals surface area contributed by atoms with Crippen molar-refractivity contribution in [3.05, 3.63) is 23.8 Å². The fourth-order valence-electron chi connectivity index (χ4n) is 3.19. The fraction of sp³-hybridized carbons (Fsp3) is 0.611. The number of alkyl halides is 3. The number of carbonyl (C=O) groups is 1. The first-order valence-electron chi connectivity index (χ1n) is 8.75. The van der Waals surface area contributed by atoms with E-state index in [-0.39, 0.29) is 11.4 Å². The van der Waals surface area contributed by atoms with Crippen molar-refractivity contribution in [2.24, 2.45) is 5.92 Å². The van der Waals surface area contributed by atoms with Crippen LogP contribution in [0.3, 0.4) is 0 Å². The molecule has 5 nitrogen and oxygen atoms in total. The number of piperidine rings is 1. The van der Waals surface area contributed by atoms with Gasteiger partial charge < -0.3 is 19.9 Å². The summed E-state index contributed by atoms with van der Waals surface area (Å²) in [7, 11) is 3.70. The molecule has 0 aromatic heterocycles. The van der Waals surface area contributed by atoms with Gasteiger partial charge in [-0.3, -0.25) is 0 Å². The van der Waals surface area contributed by atoms with E-state index >= 15 is 0 Å². The topological polar surface area (TPSA) is 44.8 Å². The fourth-order valence-corrected chi connectivity index (χ4v) is 3.19. The number of ether oxygens (including phenoxy) is 1. The van der Waals surface area contributed by atoms with E-state index in [1.807, 2.05) is 7.05 Å². The highest BCUT2D eigenvalue weighted by Gasteiger charge is 2.31. The molecule has 0 spiro atoms. The highest BCUT2D eigenvalue weighted by Crippen LogP contribution is 2.35. The number of halogens is 3. The van der Waals surface area contributed by atoms with E-state index in [1.165, 1.54) is 11.0 Å². The molecular formula is C18H26F3N3O2. The van der Waals surface area contributed by atoms with Crippen molar-refractivity contribution in [1.82, 2.24) is 9.80 Å².